The minimum absolute atomic E-state index is 0.248. The molecule has 0 radical (unpaired) electrons. The highest BCUT2D eigenvalue weighted by atomic mass is 16.7. The lowest BCUT2D eigenvalue weighted by Crippen LogP contribution is -2.57. The number of fused-ring (bicyclic) bond motifs is 2. The van der Waals surface area contributed by atoms with Crippen LogP contribution in [0.2, 0.25) is 0 Å². The van der Waals surface area contributed by atoms with Gasteiger partial charge in [0, 0.05) is 12.3 Å². The Kier molecular flexibility index (Phi) is 2.53. The number of aliphatic hydroxyl groups is 1. The standard InChI is InChI=1S/C16H20O3/c17-15(12-4-2-1-3-5-12)10-14-7-6-13(15)11-16(14)18-8-9-19-16/h1-5,13-14,17H,6-11H2/t13-,14-,15+/m1/s1. The van der Waals surface area contributed by atoms with E-state index in [1.807, 2.05) is 30.3 Å². The molecular weight excluding hydrogens is 240 g/mol. The van der Waals surface area contributed by atoms with E-state index in [1.165, 1.54) is 0 Å². The Morgan fingerprint density at radius 2 is 1.63 bits per heavy atom. The summed E-state index contributed by atoms with van der Waals surface area (Å²) in [6, 6.07) is 10.1. The summed E-state index contributed by atoms with van der Waals surface area (Å²) < 4.78 is 11.8. The van der Waals surface area contributed by atoms with E-state index in [0.717, 1.165) is 31.2 Å². The molecule has 5 rings (SSSR count). The van der Waals surface area contributed by atoms with Gasteiger partial charge in [0.2, 0.25) is 0 Å². The van der Waals surface area contributed by atoms with Crippen molar-refractivity contribution in [1.82, 2.24) is 0 Å². The Morgan fingerprint density at radius 3 is 2.26 bits per heavy atom. The Hall–Kier alpha value is -0.900. The maximum atomic E-state index is 11.2. The average Bonchev–Trinajstić information content (AvgIpc) is 2.90. The number of benzene rings is 1. The second-order valence-corrected chi connectivity index (χ2v) is 6.18. The summed E-state index contributed by atoms with van der Waals surface area (Å²) >= 11 is 0. The monoisotopic (exact) mass is 260 g/mol. The van der Waals surface area contributed by atoms with E-state index in [9.17, 15) is 5.11 Å². The van der Waals surface area contributed by atoms with Gasteiger partial charge in [0.25, 0.3) is 0 Å². The summed E-state index contributed by atoms with van der Waals surface area (Å²) in [6.07, 6.45) is 3.79. The minimum atomic E-state index is -0.690. The largest absolute Gasteiger partial charge is 0.385 e. The molecule has 1 aliphatic heterocycles. The van der Waals surface area contributed by atoms with Gasteiger partial charge in [0.15, 0.2) is 5.79 Å². The summed E-state index contributed by atoms with van der Waals surface area (Å²) in [5.41, 5.74) is 0.364. The Bertz CT molecular complexity index is 466. The smallest absolute Gasteiger partial charge is 0.171 e. The van der Waals surface area contributed by atoms with E-state index >= 15 is 0 Å². The number of rotatable bonds is 1. The van der Waals surface area contributed by atoms with Gasteiger partial charge in [-0.05, 0) is 30.7 Å². The highest BCUT2D eigenvalue weighted by Gasteiger charge is 2.60. The molecule has 3 saturated carbocycles. The second kappa shape index (κ2) is 4.05. The number of hydrogen-bond acceptors (Lipinski definition) is 3. The van der Waals surface area contributed by atoms with Gasteiger partial charge >= 0.3 is 0 Å². The van der Waals surface area contributed by atoms with E-state index in [2.05, 4.69) is 0 Å². The summed E-state index contributed by atoms with van der Waals surface area (Å²) in [6.45, 7) is 1.40. The zero-order valence-electron chi connectivity index (χ0n) is 11.0. The molecule has 0 unspecified atom stereocenters. The van der Waals surface area contributed by atoms with E-state index in [0.29, 0.717) is 19.1 Å². The molecule has 19 heavy (non-hydrogen) atoms. The van der Waals surface area contributed by atoms with Gasteiger partial charge < -0.3 is 14.6 Å². The predicted octanol–water partition coefficient (Wildman–Crippen LogP) is 2.44. The molecule has 2 bridgehead atoms. The topological polar surface area (TPSA) is 38.7 Å². The van der Waals surface area contributed by atoms with Crippen LogP contribution in [0, 0.1) is 11.8 Å². The van der Waals surface area contributed by atoms with Crippen LogP contribution in [0.15, 0.2) is 30.3 Å². The molecular formula is C16H20O3. The van der Waals surface area contributed by atoms with Gasteiger partial charge in [0.1, 0.15) is 0 Å². The third kappa shape index (κ3) is 1.62. The molecule has 4 fully saturated rings. The van der Waals surface area contributed by atoms with Gasteiger partial charge in [-0.3, -0.25) is 0 Å². The van der Waals surface area contributed by atoms with Crippen molar-refractivity contribution in [2.24, 2.45) is 11.8 Å². The van der Waals surface area contributed by atoms with Gasteiger partial charge in [-0.25, -0.2) is 0 Å². The quantitative estimate of drug-likeness (QED) is 0.843. The molecule has 1 N–H and O–H groups in total. The van der Waals surface area contributed by atoms with Gasteiger partial charge in [-0.15, -0.1) is 0 Å². The number of hydrogen-bond donors (Lipinski definition) is 1. The van der Waals surface area contributed by atoms with Crippen LogP contribution in [0.25, 0.3) is 0 Å². The SMILES string of the molecule is O[C@]1(c2ccccc2)C[C@H]2CC[C@@H]1CC21OCCO1. The van der Waals surface area contributed by atoms with Crippen molar-refractivity contribution in [3.63, 3.8) is 0 Å². The van der Waals surface area contributed by atoms with Crippen molar-refractivity contribution in [1.29, 1.82) is 0 Å². The van der Waals surface area contributed by atoms with Crippen molar-refractivity contribution in [2.45, 2.75) is 37.1 Å². The molecule has 1 aromatic rings. The lowest BCUT2D eigenvalue weighted by Gasteiger charge is -2.55. The van der Waals surface area contributed by atoms with Gasteiger partial charge in [-0.2, -0.15) is 0 Å². The van der Waals surface area contributed by atoms with E-state index < -0.39 is 5.60 Å². The van der Waals surface area contributed by atoms with Crippen LogP contribution in [0.5, 0.6) is 0 Å². The highest BCUT2D eigenvalue weighted by molar-refractivity contribution is 5.26. The third-order valence-electron chi connectivity index (χ3n) is 5.30. The number of ether oxygens (including phenoxy) is 2. The first-order valence-corrected chi connectivity index (χ1v) is 7.29. The summed E-state index contributed by atoms with van der Waals surface area (Å²) in [5.74, 6) is 0.187. The molecule has 3 atom stereocenters. The molecule has 1 heterocycles. The zero-order chi connectivity index (χ0) is 12.9. The van der Waals surface area contributed by atoms with Crippen LogP contribution in [0.1, 0.15) is 31.2 Å². The van der Waals surface area contributed by atoms with Crippen LogP contribution in [0.3, 0.4) is 0 Å². The summed E-state index contributed by atoms with van der Waals surface area (Å²) in [5, 5.41) is 11.2. The normalized spacial score (nSPS) is 39.8. The van der Waals surface area contributed by atoms with Crippen molar-refractivity contribution in [2.75, 3.05) is 13.2 Å². The van der Waals surface area contributed by atoms with E-state index in [-0.39, 0.29) is 11.7 Å². The zero-order valence-corrected chi connectivity index (χ0v) is 11.0. The molecule has 1 spiro atoms. The molecule has 102 valence electrons. The van der Waals surface area contributed by atoms with E-state index in [4.69, 9.17) is 9.47 Å². The molecule has 3 heteroatoms. The van der Waals surface area contributed by atoms with Crippen LogP contribution < -0.4 is 0 Å². The molecule has 1 saturated heterocycles. The lowest BCUT2D eigenvalue weighted by molar-refractivity contribution is -0.280. The Labute approximate surface area is 113 Å². The lowest BCUT2D eigenvalue weighted by atomic mass is 9.57. The third-order valence-corrected chi connectivity index (χ3v) is 5.30. The highest BCUT2D eigenvalue weighted by Crippen LogP contribution is 2.58. The van der Waals surface area contributed by atoms with Crippen LogP contribution in [0.4, 0.5) is 0 Å². The molecule has 3 nitrogen and oxygen atoms in total. The van der Waals surface area contributed by atoms with E-state index in [1.54, 1.807) is 0 Å². The summed E-state index contributed by atoms with van der Waals surface area (Å²) in [4.78, 5) is 0. The molecule has 1 aromatic carbocycles. The maximum Gasteiger partial charge on any atom is 0.171 e. The van der Waals surface area contributed by atoms with Crippen molar-refractivity contribution >= 4 is 0 Å². The van der Waals surface area contributed by atoms with Crippen LogP contribution >= 0.6 is 0 Å². The minimum Gasteiger partial charge on any atom is -0.385 e. The van der Waals surface area contributed by atoms with Crippen LogP contribution in [-0.2, 0) is 15.1 Å². The first kappa shape index (κ1) is 11.9. The molecule has 0 aromatic heterocycles. The van der Waals surface area contributed by atoms with Crippen molar-refractivity contribution in [3.05, 3.63) is 35.9 Å². The Morgan fingerprint density at radius 1 is 0.947 bits per heavy atom. The van der Waals surface area contributed by atoms with Crippen LogP contribution in [-0.4, -0.2) is 24.1 Å². The molecule has 3 aliphatic carbocycles. The van der Waals surface area contributed by atoms with Gasteiger partial charge in [0.05, 0.1) is 18.8 Å². The fourth-order valence-electron chi connectivity index (χ4n) is 4.35. The molecule has 4 aliphatic rings. The van der Waals surface area contributed by atoms with Crippen molar-refractivity contribution < 1.29 is 14.6 Å². The molecule has 0 amide bonds. The van der Waals surface area contributed by atoms with Crippen molar-refractivity contribution in [3.8, 4) is 0 Å². The summed E-state index contributed by atoms with van der Waals surface area (Å²) in [7, 11) is 0. The fraction of sp³-hybridized carbons (Fsp3) is 0.625. The average molecular weight is 260 g/mol. The first-order valence-electron chi connectivity index (χ1n) is 7.29. The maximum absolute atomic E-state index is 11.2. The Balaban J connectivity index is 1.68. The first-order chi connectivity index (χ1) is 9.23. The predicted molar refractivity (Wildman–Crippen MR) is 70.4 cm³/mol. The fourth-order valence-corrected chi connectivity index (χ4v) is 4.35. The second-order valence-electron chi connectivity index (χ2n) is 6.18. The van der Waals surface area contributed by atoms with Gasteiger partial charge in [-0.1, -0.05) is 30.3 Å².